The Kier molecular flexibility index (Phi) is 5.34. The summed E-state index contributed by atoms with van der Waals surface area (Å²) >= 11 is 8.91. The minimum Gasteiger partial charge on any atom is -0.480 e. The molecule has 1 atom stereocenters. The lowest BCUT2D eigenvalue weighted by Crippen LogP contribution is -2.31. The van der Waals surface area contributed by atoms with E-state index in [4.69, 9.17) is 16.3 Å². The Hall–Kier alpha value is -2.42. The summed E-state index contributed by atoms with van der Waals surface area (Å²) in [7, 11) is 0. The van der Waals surface area contributed by atoms with Crippen LogP contribution in [0.4, 0.5) is 5.13 Å². The molecule has 1 unspecified atom stereocenters. The van der Waals surface area contributed by atoms with Gasteiger partial charge in [0.1, 0.15) is 5.75 Å². The summed E-state index contributed by atoms with van der Waals surface area (Å²) in [4.78, 5) is 30.1. The second-order valence-corrected chi connectivity index (χ2v) is 8.73. The van der Waals surface area contributed by atoms with Crippen LogP contribution in [0.3, 0.4) is 0 Å². The van der Waals surface area contributed by atoms with Crippen LogP contribution in [0.2, 0.25) is 5.02 Å². The van der Waals surface area contributed by atoms with Crippen molar-refractivity contribution in [1.29, 1.82) is 0 Å². The molecule has 1 aliphatic rings. The van der Waals surface area contributed by atoms with E-state index in [-0.39, 0.29) is 11.8 Å². The molecular formula is C19H16ClN3O3S2. The van der Waals surface area contributed by atoms with Gasteiger partial charge in [-0.1, -0.05) is 11.6 Å². The number of hydrogen-bond acceptors (Lipinski definition) is 6. The summed E-state index contributed by atoms with van der Waals surface area (Å²) in [5.41, 5.74) is 1.72. The Balaban J connectivity index is 1.39. The van der Waals surface area contributed by atoms with E-state index in [0.29, 0.717) is 28.9 Å². The van der Waals surface area contributed by atoms with Crippen LogP contribution in [0.1, 0.15) is 17.4 Å². The number of carbonyl (C=O) groups is 2. The third kappa shape index (κ3) is 4.19. The van der Waals surface area contributed by atoms with Gasteiger partial charge in [-0.2, -0.15) is 0 Å². The van der Waals surface area contributed by atoms with Crippen molar-refractivity contribution < 1.29 is 14.3 Å². The normalized spacial score (nSPS) is 15.0. The Bertz CT molecular complexity index is 1050. The minimum absolute atomic E-state index is 0.0628. The van der Waals surface area contributed by atoms with Crippen molar-refractivity contribution in [3.05, 3.63) is 51.2 Å². The first-order valence-corrected chi connectivity index (χ1v) is 10.6. The van der Waals surface area contributed by atoms with E-state index >= 15 is 0 Å². The number of thiazole rings is 1. The third-order valence-electron chi connectivity index (χ3n) is 4.15. The number of carbonyl (C=O) groups excluding carboxylic acids is 2. The number of fused-ring (bicyclic) bond motifs is 1. The van der Waals surface area contributed by atoms with E-state index in [9.17, 15) is 9.59 Å². The van der Waals surface area contributed by atoms with Crippen LogP contribution in [-0.2, 0) is 22.6 Å². The van der Waals surface area contributed by atoms with Crippen LogP contribution in [0.5, 0.6) is 5.75 Å². The number of rotatable bonds is 5. The molecule has 3 heterocycles. The lowest BCUT2D eigenvalue weighted by Gasteiger charge is -2.09. The van der Waals surface area contributed by atoms with Gasteiger partial charge in [0.2, 0.25) is 5.91 Å². The first-order valence-electron chi connectivity index (χ1n) is 8.53. The van der Waals surface area contributed by atoms with Gasteiger partial charge in [-0.05, 0) is 35.9 Å². The number of ether oxygens (including phenoxy) is 1. The molecule has 0 spiro atoms. The molecule has 1 aromatic carbocycles. The van der Waals surface area contributed by atoms with Crippen LogP contribution in [0, 0.1) is 0 Å². The Morgan fingerprint density at radius 3 is 3.00 bits per heavy atom. The van der Waals surface area contributed by atoms with Crippen molar-refractivity contribution in [3.8, 4) is 16.3 Å². The van der Waals surface area contributed by atoms with E-state index in [2.05, 4.69) is 15.6 Å². The summed E-state index contributed by atoms with van der Waals surface area (Å²) < 4.78 is 5.71. The number of thiophene rings is 1. The fourth-order valence-corrected chi connectivity index (χ4v) is 4.71. The smallest absolute Gasteiger partial charge is 0.267 e. The van der Waals surface area contributed by atoms with Crippen molar-refractivity contribution in [1.82, 2.24) is 10.3 Å². The number of benzene rings is 1. The first kappa shape index (κ1) is 18.9. The minimum atomic E-state index is -0.591. The standard InChI is InChI=1S/C19H16ClN3O3S2/c1-10(24)21-8-13-3-5-17(28-13)14-9-27-19(22-14)23-18(25)16-7-11-6-12(20)2-4-15(11)26-16/h2-6,9,16H,7-8H2,1H3,(H,21,24)(H,22,23,25). The lowest BCUT2D eigenvalue weighted by atomic mass is 10.1. The molecule has 0 saturated carbocycles. The van der Waals surface area contributed by atoms with Gasteiger partial charge in [0, 0.05) is 28.6 Å². The SMILES string of the molecule is CC(=O)NCc1ccc(-c2csc(NC(=O)C3Cc4cc(Cl)ccc4O3)n2)s1. The van der Waals surface area contributed by atoms with Crippen molar-refractivity contribution in [2.45, 2.75) is 26.0 Å². The van der Waals surface area contributed by atoms with Crippen molar-refractivity contribution in [2.75, 3.05) is 5.32 Å². The maximum Gasteiger partial charge on any atom is 0.267 e. The van der Waals surface area contributed by atoms with Gasteiger partial charge in [-0.15, -0.1) is 22.7 Å². The molecule has 3 aromatic rings. The van der Waals surface area contributed by atoms with Crippen molar-refractivity contribution in [2.24, 2.45) is 0 Å². The fraction of sp³-hybridized carbons (Fsp3) is 0.211. The van der Waals surface area contributed by atoms with Crippen LogP contribution >= 0.6 is 34.3 Å². The molecule has 0 fully saturated rings. The van der Waals surface area contributed by atoms with Gasteiger partial charge in [0.25, 0.3) is 5.91 Å². The Labute approximate surface area is 174 Å². The highest BCUT2D eigenvalue weighted by molar-refractivity contribution is 7.17. The molecule has 0 aliphatic carbocycles. The number of aromatic nitrogens is 1. The molecule has 0 radical (unpaired) electrons. The van der Waals surface area contributed by atoms with Crippen molar-refractivity contribution in [3.63, 3.8) is 0 Å². The second-order valence-electron chi connectivity index (χ2n) is 6.27. The maximum absolute atomic E-state index is 12.5. The summed E-state index contributed by atoms with van der Waals surface area (Å²) in [5, 5.41) is 8.65. The van der Waals surface area contributed by atoms with E-state index in [1.54, 1.807) is 23.5 Å². The lowest BCUT2D eigenvalue weighted by molar-refractivity contribution is -0.122. The summed E-state index contributed by atoms with van der Waals surface area (Å²) in [6, 6.07) is 9.27. The molecule has 2 amide bonds. The predicted octanol–water partition coefficient (Wildman–Crippen LogP) is 4.10. The van der Waals surface area contributed by atoms with Gasteiger partial charge in [-0.25, -0.2) is 4.98 Å². The Morgan fingerprint density at radius 1 is 1.32 bits per heavy atom. The number of halogens is 1. The monoisotopic (exact) mass is 433 g/mol. The zero-order chi connectivity index (χ0) is 19.7. The highest BCUT2D eigenvalue weighted by Crippen LogP contribution is 2.33. The molecule has 2 aromatic heterocycles. The van der Waals surface area contributed by atoms with Crippen LogP contribution < -0.4 is 15.4 Å². The largest absolute Gasteiger partial charge is 0.480 e. The van der Waals surface area contributed by atoms with Gasteiger partial charge >= 0.3 is 0 Å². The molecule has 9 heteroatoms. The number of nitrogens with zero attached hydrogens (tertiary/aromatic N) is 1. The van der Waals surface area contributed by atoms with Gasteiger partial charge in [-0.3, -0.25) is 14.9 Å². The van der Waals surface area contributed by atoms with E-state index in [0.717, 1.165) is 21.0 Å². The number of hydrogen-bond donors (Lipinski definition) is 2. The average Bonchev–Trinajstić information content (AvgIpc) is 3.38. The van der Waals surface area contributed by atoms with Crippen LogP contribution in [0.25, 0.3) is 10.6 Å². The molecule has 28 heavy (non-hydrogen) atoms. The summed E-state index contributed by atoms with van der Waals surface area (Å²) in [6.45, 7) is 1.99. The number of nitrogens with one attached hydrogen (secondary N) is 2. The Morgan fingerprint density at radius 2 is 2.18 bits per heavy atom. The molecule has 6 nitrogen and oxygen atoms in total. The first-order chi connectivity index (χ1) is 13.5. The molecular weight excluding hydrogens is 418 g/mol. The van der Waals surface area contributed by atoms with Crippen LogP contribution in [-0.4, -0.2) is 22.9 Å². The van der Waals surface area contributed by atoms with E-state index < -0.39 is 6.10 Å². The molecule has 0 bridgehead atoms. The zero-order valence-corrected chi connectivity index (χ0v) is 17.2. The molecule has 0 saturated heterocycles. The number of anilines is 1. The van der Waals surface area contributed by atoms with Gasteiger partial charge < -0.3 is 10.1 Å². The fourth-order valence-electron chi connectivity index (χ4n) is 2.82. The predicted molar refractivity (Wildman–Crippen MR) is 111 cm³/mol. The van der Waals surface area contributed by atoms with E-state index in [1.165, 1.54) is 18.3 Å². The molecule has 2 N–H and O–H groups in total. The van der Waals surface area contributed by atoms with E-state index in [1.807, 2.05) is 23.6 Å². The van der Waals surface area contributed by atoms with Crippen LogP contribution in [0.15, 0.2) is 35.7 Å². The highest BCUT2D eigenvalue weighted by Gasteiger charge is 2.29. The topological polar surface area (TPSA) is 80.3 Å². The highest BCUT2D eigenvalue weighted by atomic mass is 35.5. The summed E-state index contributed by atoms with van der Waals surface area (Å²) in [6.07, 6.45) is -0.107. The molecule has 1 aliphatic heterocycles. The third-order valence-corrected chi connectivity index (χ3v) is 6.25. The molecule has 4 rings (SSSR count). The number of amides is 2. The molecule has 144 valence electrons. The zero-order valence-electron chi connectivity index (χ0n) is 14.8. The van der Waals surface area contributed by atoms with Crippen molar-refractivity contribution >= 4 is 51.2 Å². The summed E-state index contributed by atoms with van der Waals surface area (Å²) in [5.74, 6) is 0.396. The average molecular weight is 434 g/mol. The second kappa shape index (κ2) is 7.90. The van der Waals surface area contributed by atoms with Gasteiger partial charge in [0.05, 0.1) is 17.1 Å². The van der Waals surface area contributed by atoms with Gasteiger partial charge in [0.15, 0.2) is 11.2 Å². The quantitative estimate of drug-likeness (QED) is 0.634. The maximum atomic E-state index is 12.5.